The van der Waals surface area contributed by atoms with E-state index in [1.54, 1.807) is 0 Å². The Bertz CT molecular complexity index is 414. The second-order valence-electron chi connectivity index (χ2n) is 8.78. The lowest BCUT2D eigenvalue weighted by molar-refractivity contribution is -0.154. The maximum absolute atomic E-state index is 12.1. The van der Waals surface area contributed by atoms with Gasteiger partial charge >= 0.3 is 12.1 Å². The van der Waals surface area contributed by atoms with Crippen molar-refractivity contribution in [1.29, 1.82) is 0 Å². The summed E-state index contributed by atoms with van der Waals surface area (Å²) in [5, 5.41) is 3.02. The molecule has 0 aromatic carbocycles. The van der Waals surface area contributed by atoms with Gasteiger partial charge in [0, 0.05) is 12.5 Å². The molecule has 0 saturated heterocycles. The lowest BCUT2D eigenvalue weighted by Crippen LogP contribution is -2.42. The van der Waals surface area contributed by atoms with Gasteiger partial charge in [0.25, 0.3) is 0 Å². The van der Waals surface area contributed by atoms with Crippen molar-refractivity contribution >= 4 is 12.1 Å². The minimum atomic E-state index is -0.499. The third-order valence-corrected chi connectivity index (χ3v) is 3.99. The van der Waals surface area contributed by atoms with E-state index < -0.39 is 11.2 Å². The molecule has 24 heavy (non-hydrogen) atoms. The molecule has 1 N–H and O–H groups in total. The predicted molar refractivity (Wildman–Crippen MR) is 94.8 cm³/mol. The molecule has 0 radical (unpaired) electrons. The van der Waals surface area contributed by atoms with Gasteiger partial charge in [0.2, 0.25) is 0 Å². The van der Waals surface area contributed by atoms with Gasteiger partial charge in [-0.25, -0.2) is 4.79 Å². The molecule has 1 aliphatic rings. The molecule has 1 fully saturated rings. The Kier molecular flexibility index (Phi) is 7.56. The summed E-state index contributed by atoms with van der Waals surface area (Å²) in [6.45, 7) is 11.2. The summed E-state index contributed by atoms with van der Waals surface area (Å²) in [6.07, 6.45) is 6.20. The van der Waals surface area contributed by atoms with Crippen LogP contribution in [-0.2, 0) is 14.3 Å². The number of carbonyl (C=O) groups excluding carboxylic acids is 2. The second kappa shape index (κ2) is 8.72. The number of amides is 1. The Hall–Kier alpha value is -1.26. The smallest absolute Gasteiger partial charge is 0.407 e. The van der Waals surface area contributed by atoms with Crippen molar-refractivity contribution in [2.24, 2.45) is 5.92 Å². The van der Waals surface area contributed by atoms with E-state index in [0.29, 0.717) is 18.8 Å². The Balaban J connectivity index is 2.48. The molecular weight excluding hydrogens is 306 g/mol. The van der Waals surface area contributed by atoms with E-state index in [-0.39, 0.29) is 18.1 Å². The first-order valence-electron chi connectivity index (χ1n) is 9.18. The zero-order valence-corrected chi connectivity index (χ0v) is 16.2. The SMILES string of the molecule is CC(C)(C)OC(=O)CCCC(NC(=O)OC(C)(C)C)C1CCCC1. The second-order valence-corrected chi connectivity index (χ2v) is 8.78. The van der Waals surface area contributed by atoms with Gasteiger partial charge in [-0.1, -0.05) is 12.8 Å². The van der Waals surface area contributed by atoms with Gasteiger partial charge in [0.05, 0.1) is 0 Å². The number of nitrogens with one attached hydrogen (secondary N) is 1. The summed E-state index contributed by atoms with van der Waals surface area (Å²) in [4.78, 5) is 23.9. The molecular formula is C19H35NO4. The number of hydrogen-bond donors (Lipinski definition) is 1. The minimum absolute atomic E-state index is 0.0739. The van der Waals surface area contributed by atoms with Crippen LogP contribution in [0.25, 0.3) is 0 Å². The third kappa shape index (κ3) is 9.14. The Morgan fingerprint density at radius 3 is 2.04 bits per heavy atom. The summed E-state index contributed by atoms with van der Waals surface area (Å²) in [5.41, 5.74) is -0.947. The molecule has 0 heterocycles. The summed E-state index contributed by atoms with van der Waals surface area (Å²) < 4.78 is 10.7. The lowest BCUT2D eigenvalue weighted by atomic mass is 9.93. The monoisotopic (exact) mass is 341 g/mol. The highest BCUT2D eigenvalue weighted by Crippen LogP contribution is 2.30. The number of esters is 1. The zero-order valence-electron chi connectivity index (χ0n) is 16.2. The van der Waals surface area contributed by atoms with Crippen LogP contribution in [0.3, 0.4) is 0 Å². The largest absolute Gasteiger partial charge is 0.460 e. The molecule has 1 saturated carbocycles. The fourth-order valence-electron chi connectivity index (χ4n) is 3.10. The number of carbonyl (C=O) groups is 2. The van der Waals surface area contributed by atoms with E-state index in [1.807, 2.05) is 41.5 Å². The Labute approximate surface area is 146 Å². The summed E-state index contributed by atoms with van der Waals surface area (Å²) in [7, 11) is 0. The number of rotatable bonds is 6. The van der Waals surface area contributed by atoms with Crippen molar-refractivity contribution in [3.8, 4) is 0 Å². The minimum Gasteiger partial charge on any atom is -0.460 e. The average molecular weight is 341 g/mol. The molecule has 1 atom stereocenters. The average Bonchev–Trinajstić information content (AvgIpc) is 2.86. The fraction of sp³-hybridized carbons (Fsp3) is 0.895. The maximum atomic E-state index is 12.1. The van der Waals surface area contributed by atoms with Gasteiger partial charge in [0.15, 0.2) is 0 Å². The van der Waals surface area contributed by atoms with Crippen molar-refractivity contribution in [3.63, 3.8) is 0 Å². The van der Waals surface area contributed by atoms with Gasteiger partial charge in [-0.05, 0) is 73.1 Å². The first kappa shape index (κ1) is 20.8. The van der Waals surface area contributed by atoms with Crippen molar-refractivity contribution in [3.05, 3.63) is 0 Å². The van der Waals surface area contributed by atoms with Crippen LogP contribution in [-0.4, -0.2) is 29.3 Å². The normalized spacial score (nSPS) is 17.4. The van der Waals surface area contributed by atoms with E-state index in [0.717, 1.165) is 19.3 Å². The van der Waals surface area contributed by atoms with Crippen LogP contribution in [0.5, 0.6) is 0 Å². The summed E-state index contributed by atoms with van der Waals surface area (Å²) in [6, 6.07) is 0.0739. The molecule has 1 amide bonds. The molecule has 1 aliphatic carbocycles. The van der Waals surface area contributed by atoms with Crippen LogP contribution >= 0.6 is 0 Å². The first-order chi connectivity index (χ1) is 11.0. The van der Waals surface area contributed by atoms with Crippen LogP contribution in [0.2, 0.25) is 0 Å². The molecule has 0 aromatic rings. The third-order valence-electron chi connectivity index (χ3n) is 3.99. The van der Waals surface area contributed by atoms with Gasteiger partial charge < -0.3 is 14.8 Å². The highest BCUT2D eigenvalue weighted by atomic mass is 16.6. The molecule has 0 bridgehead atoms. The van der Waals surface area contributed by atoms with Gasteiger partial charge in [-0.3, -0.25) is 4.79 Å². The molecule has 0 aromatic heterocycles. The number of hydrogen-bond acceptors (Lipinski definition) is 4. The summed E-state index contributed by atoms with van der Waals surface area (Å²) >= 11 is 0. The van der Waals surface area contributed by atoms with Crippen LogP contribution < -0.4 is 5.32 Å². The quantitative estimate of drug-likeness (QED) is 0.718. The van der Waals surface area contributed by atoms with Crippen molar-refractivity contribution in [1.82, 2.24) is 5.32 Å². The lowest BCUT2D eigenvalue weighted by Gasteiger charge is -2.27. The summed E-state index contributed by atoms with van der Waals surface area (Å²) in [5.74, 6) is 0.307. The highest BCUT2D eigenvalue weighted by molar-refractivity contribution is 5.70. The Morgan fingerprint density at radius 2 is 1.54 bits per heavy atom. The highest BCUT2D eigenvalue weighted by Gasteiger charge is 2.28. The molecule has 1 unspecified atom stereocenters. The van der Waals surface area contributed by atoms with Crippen molar-refractivity contribution in [2.75, 3.05) is 0 Å². The molecule has 5 nitrogen and oxygen atoms in total. The van der Waals surface area contributed by atoms with Crippen LogP contribution in [0, 0.1) is 5.92 Å². The van der Waals surface area contributed by atoms with Gasteiger partial charge in [-0.2, -0.15) is 0 Å². The van der Waals surface area contributed by atoms with Gasteiger partial charge in [0.1, 0.15) is 11.2 Å². The molecule has 5 heteroatoms. The van der Waals surface area contributed by atoms with Crippen molar-refractivity contribution < 1.29 is 19.1 Å². The molecule has 140 valence electrons. The number of alkyl carbamates (subject to hydrolysis) is 1. The molecule has 1 rings (SSSR count). The van der Waals surface area contributed by atoms with Crippen LogP contribution in [0.15, 0.2) is 0 Å². The van der Waals surface area contributed by atoms with Gasteiger partial charge in [-0.15, -0.1) is 0 Å². The van der Waals surface area contributed by atoms with E-state index in [4.69, 9.17) is 9.47 Å². The van der Waals surface area contributed by atoms with E-state index in [9.17, 15) is 9.59 Å². The number of ether oxygens (including phenoxy) is 2. The van der Waals surface area contributed by atoms with Crippen LogP contribution in [0.4, 0.5) is 4.79 Å². The fourth-order valence-corrected chi connectivity index (χ4v) is 3.10. The Morgan fingerprint density at radius 1 is 1.00 bits per heavy atom. The first-order valence-corrected chi connectivity index (χ1v) is 9.18. The topological polar surface area (TPSA) is 64.6 Å². The maximum Gasteiger partial charge on any atom is 0.407 e. The predicted octanol–water partition coefficient (Wildman–Crippen LogP) is 4.58. The zero-order chi connectivity index (χ0) is 18.4. The van der Waals surface area contributed by atoms with E-state index in [2.05, 4.69) is 5.32 Å². The van der Waals surface area contributed by atoms with E-state index >= 15 is 0 Å². The standard InChI is InChI=1S/C19H35NO4/c1-18(2,3)23-16(21)13-9-12-15(14-10-7-8-11-14)20-17(22)24-19(4,5)6/h14-15H,7-13H2,1-6H3,(H,20,22). The molecule has 0 spiro atoms. The van der Waals surface area contributed by atoms with Crippen LogP contribution in [0.1, 0.15) is 86.5 Å². The van der Waals surface area contributed by atoms with Crippen molar-refractivity contribution in [2.45, 2.75) is 104 Å². The molecule has 0 aliphatic heterocycles. The van der Waals surface area contributed by atoms with E-state index in [1.165, 1.54) is 12.8 Å².